The highest BCUT2D eigenvalue weighted by Crippen LogP contribution is 2.51. The lowest BCUT2D eigenvalue weighted by atomic mass is 9.88. The van der Waals surface area contributed by atoms with Gasteiger partial charge in [0, 0.05) is 26.5 Å². The summed E-state index contributed by atoms with van der Waals surface area (Å²) in [7, 11) is 0. The summed E-state index contributed by atoms with van der Waals surface area (Å²) in [5.74, 6) is 0.223. The Labute approximate surface area is 118 Å². The SMILES string of the molecule is Nc1ccc(C2(C(=O)c3cscc3Br)CC2)cc1. The first-order chi connectivity index (χ1) is 8.63. The molecule has 18 heavy (non-hydrogen) atoms. The van der Waals surface area contributed by atoms with Crippen molar-refractivity contribution >= 4 is 38.7 Å². The van der Waals surface area contributed by atoms with Gasteiger partial charge >= 0.3 is 0 Å². The zero-order valence-electron chi connectivity index (χ0n) is 9.65. The van der Waals surface area contributed by atoms with Crippen molar-refractivity contribution in [3.63, 3.8) is 0 Å². The fourth-order valence-electron chi connectivity index (χ4n) is 2.28. The predicted octanol–water partition coefficient (Wildman–Crippen LogP) is 4.01. The number of hydrogen-bond donors (Lipinski definition) is 1. The highest BCUT2D eigenvalue weighted by molar-refractivity contribution is 9.10. The van der Waals surface area contributed by atoms with Gasteiger partial charge in [-0.2, -0.15) is 11.3 Å². The van der Waals surface area contributed by atoms with Crippen LogP contribution in [0.1, 0.15) is 28.8 Å². The number of rotatable bonds is 3. The number of nitrogens with two attached hydrogens (primary N) is 1. The number of thiophene rings is 1. The topological polar surface area (TPSA) is 43.1 Å². The van der Waals surface area contributed by atoms with Crippen molar-refractivity contribution < 1.29 is 4.79 Å². The van der Waals surface area contributed by atoms with Gasteiger partial charge in [-0.1, -0.05) is 12.1 Å². The molecule has 2 N–H and O–H groups in total. The third-order valence-corrected chi connectivity index (χ3v) is 5.21. The van der Waals surface area contributed by atoms with Crippen molar-refractivity contribution in [1.82, 2.24) is 0 Å². The van der Waals surface area contributed by atoms with Crippen molar-refractivity contribution in [2.45, 2.75) is 18.3 Å². The smallest absolute Gasteiger partial charge is 0.175 e. The third kappa shape index (κ3) is 1.80. The van der Waals surface area contributed by atoms with Gasteiger partial charge in [0.25, 0.3) is 0 Å². The van der Waals surface area contributed by atoms with E-state index in [1.165, 1.54) is 0 Å². The van der Waals surface area contributed by atoms with Crippen molar-refractivity contribution in [3.8, 4) is 0 Å². The Kier molecular flexibility index (Phi) is 2.79. The van der Waals surface area contributed by atoms with Crippen LogP contribution in [0, 0.1) is 0 Å². The molecule has 1 aliphatic rings. The Morgan fingerprint density at radius 2 is 1.89 bits per heavy atom. The minimum atomic E-state index is -0.308. The molecular formula is C14H12BrNOS. The molecule has 4 heteroatoms. The molecule has 1 aliphatic carbocycles. The minimum absolute atomic E-state index is 0.223. The van der Waals surface area contributed by atoms with Crippen LogP contribution in [-0.2, 0) is 5.41 Å². The zero-order valence-corrected chi connectivity index (χ0v) is 12.1. The van der Waals surface area contributed by atoms with E-state index in [9.17, 15) is 4.79 Å². The largest absolute Gasteiger partial charge is 0.399 e. The van der Waals surface area contributed by atoms with Crippen LogP contribution in [0.5, 0.6) is 0 Å². The Morgan fingerprint density at radius 3 is 2.39 bits per heavy atom. The summed E-state index contributed by atoms with van der Waals surface area (Å²) in [6, 6.07) is 7.68. The average Bonchev–Trinajstić information content (AvgIpc) is 3.07. The van der Waals surface area contributed by atoms with Crippen LogP contribution in [0.15, 0.2) is 39.5 Å². The molecule has 1 aromatic carbocycles. The summed E-state index contributed by atoms with van der Waals surface area (Å²) in [6.07, 6.45) is 1.86. The molecule has 92 valence electrons. The maximum Gasteiger partial charge on any atom is 0.175 e. The molecular weight excluding hydrogens is 310 g/mol. The first-order valence-electron chi connectivity index (χ1n) is 5.76. The Hall–Kier alpha value is -1.13. The second kappa shape index (κ2) is 4.21. The molecule has 3 rings (SSSR count). The van der Waals surface area contributed by atoms with Crippen LogP contribution in [0.2, 0.25) is 0 Å². The van der Waals surface area contributed by atoms with Crippen molar-refractivity contribution in [3.05, 3.63) is 50.6 Å². The lowest BCUT2D eigenvalue weighted by molar-refractivity contribution is 0.0946. The van der Waals surface area contributed by atoms with Gasteiger partial charge in [0.05, 0.1) is 5.41 Å². The predicted molar refractivity (Wildman–Crippen MR) is 78.1 cm³/mol. The number of hydrogen-bond acceptors (Lipinski definition) is 3. The number of nitrogen functional groups attached to an aromatic ring is 1. The number of carbonyl (C=O) groups excluding carboxylic acids is 1. The van der Waals surface area contributed by atoms with E-state index < -0.39 is 0 Å². The Balaban J connectivity index is 1.99. The van der Waals surface area contributed by atoms with Crippen molar-refractivity contribution in [2.75, 3.05) is 5.73 Å². The molecule has 0 saturated heterocycles. The van der Waals surface area contributed by atoms with E-state index in [1.807, 2.05) is 35.0 Å². The van der Waals surface area contributed by atoms with Gasteiger partial charge in [-0.3, -0.25) is 4.79 Å². The number of halogens is 1. The summed E-state index contributed by atoms with van der Waals surface area (Å²) in [6.45, 7) is 0. The van der Waals surface area contributed by atoms with Gasteiger partial charge < -0.3 is 5.73 Å². The molecule has 2 aromatic rings. The highest BCUT2D eigenvalue weighted by atomic mass is 79.9. The first-order valence-corrected chi connectivity index (χ1v) is 7.49. The molecule has 1 aromatic heterocycles. The maximum absolute atomic E-state index is 12.6. The van der Waals surface area contributed by atoms with E-state index in [1.54, 1.807) is 11.3 Å². The number of carbonyl (C=O) groups is 1. The molecule has 0 spiro atoms. The molecule has 0 atom stereocenters. The second-order valence-corrected chi connectivity index (χ2v) is 6.26. The molecule has 1 heterocycles. The van der Waals surface area contributed by atoms with Gasteiger partial charge in [-0.05, 0) is 46.5 Å². The van der Waals surface area contributed by atoms with Crippen LogP contribution in [0.4, 0.5) is 5.69 Å². The van der Waals surface area contributed by atoms with Gasteiger partial charge in [0.1, 0.15) is 0 Å². The minimum Gasteiger partial charge on any atom is -0.399 e. The van der Waals surface area contributed by atoms with Crippen LogP contribution in [-0.4, -0.2) is 5.78 Å². The molecule has 0 bridgehead atoms. The summed E-state index contributed by atoms with van der Waals surface area (Å²) in [5.41, 5.74) is 8.00. The Bertz CT molecular complexity index is 599. The van der Waals surface area contributed by atoms with Gasteiger partial charge in [0.15, 0.2) is 5.78 Å². The fourth-order valence-corrected chi connectivity index (χ4v) is 3.73. The van der Waals surface area contributed by atoms with Gasteiger partial charge in [0.2, 0.25) is 0 Å². The number of anilines is 1. The lowest BCUT2D eigenvalue weighted by Crippen LogP contribution is -2.20. The zero-order chi connectivity index (χ0) is 12.8. The first kappa shape index (κ1) is 11.9. The van der Waals surface area contributed by atoms with E-state index in [2.05, 4.69) is 15.9 Å². The van der Waals surface area contributed by atoms with E-state index in [0.717, 1.165) is 34.1 Å². The van der Waals surface area contributed by atoms with Crippen molar-refractivity contribution in [2.24, 2.45) is 0 Å². The number of benzene rings is 1. The quantitative estimate of drug-likeness (QED) is 0.685. The summed E-state index contributed by atoms with van der Waals surface area (Å²) in [5, 5.41) is 3.87. The standard InChI is InChI=1S/C14H12BrNOS/c15-12-8-18-7-11(12)13(17)14(5-6-14)9-1-3-10(16)4-2-9/h1-4,7-8H,5-6,16H2. The van der Waals surface area contributed by atoms with E-state index in [-0.39, 0.29) is 11.2 Å². The summed E-state index contributed by atoms with van der Waals surface area (Å²) < 4.78 is 0.902. The van der Waals surface area contributed by atoms with Gasteiger partial charge in [-0.25, -0.2) is 0 Å². The molecule has 2 nitrogen and oxygen atoms in total. The van der Waals surface area contributed by atoms with Crippen LogP contribution in [0.3, 0.4) is 0 Å². The summed E-state index contributed by atoms with van der Waals surface area (Å²) in [4.78, 5) is 12.6. The van der Waals surface area contributed by atoms with E-state index >= 15 is 0 Å². The molecule has 1 saturated carbocycles. The second-order valence-electron chi connectivity index (χ2n) is 4.67. The molecule has 0 unspecified atom stereocenters. The fraction of sp³-hybridized carbons (Fsp3) is 0.214. The van der Waals surface area contributed by atoms with Gasteiger partial charge in [-0.15, -0.1) is 0 Å². The van der Waals surface area contributed by atoms with Crippen LogP contribution < -0.4 is 5.73 Å². The molecule has 0 aliphatic heterocycles. The third-order valence-electron chi connectivity index (χ3n) is 3.51. The normalized spacial score (nSPS) is 16.5. The summed E-state index contributed by atoms with van der Waals surface area (Å²) >= 11 is 4.99. The molecule has 0 amide bonds. The monoisotopic (exact) mass is 321 g/mol. The van der Waals surface area contributed by atoms with Crippen LogP contribution >= 0.6 is 27.3 Å². The highest BCUT2D eigenvalue weighted by Gasteiger charge is 2.51. The molecule has 0 radical (unpaired) electrons. The maximum atomic E-state index is 12.6. The lowest BCUT2D eigenvalue weighted by Gasteiger charge is -2.14. The Morgan fingerprint density at radius 1 is 1.22 bits per heavy atom. The average molecular weight is 322 g/mol. The van der Waals surface area contributed by atoms with E-state index in [0.29, 0.717) is 0 Å². The molecule has 1 fully saturated rings. The van der Waals surface area contributed by atoms with E-state index in [4.69, 9.17) is 5.73 Å². The number of Topliss-reactive ketones (excluding diaryl/α,β-unsaturated/α-hetero) is 1. The number of ketones is 1. The van der Waals surface area contributed by atoms with Crippen LogP contribution in [0.25, 0.3) is 0 Å². The van der Waals surface area contributed by atoms with Crippen molar-refractivity contribution in [1.29, 1.82) is 0 Å².